The van der Waals surface area contributed by atoms with Crippen molar-refractivity contribution in [1.82, 2.24) is 9.88 Å². The zero-order valence-corrected chi connectivity index (χ0v) is 16.5. The Hall–Kier alpha value is -3.34. The van der Waals surface area contributed by atoms with Crippen molar-refractivity contribution in [3.8, 4) is 11.3 Å². The molecule has 3 heterocycles. The smallest absolute Gasteiger partial charge is 0.330 e. The number of carbonyl (C=O) groups excluding carboxylic acids is 1. The fraction of sp³-hybridized carbons (Fsp3) is 0.250. The topological polar surface area (TPSA) is 51.7 Å². The minimum atomic E-state index is 0.0345. The minimum absolute atomic E-state index is 0.0345. The van der Waals surface area contributed by atoms with E-state index in [4.69, 9.17) is 4.99 Å². The number of aromatic amines is 1. The Morgan fingerprint density at radius 1 is 1.07 bits per heavy atom. The summed E-state index contributed by atoms with van der Waals surface area (Å²) in [5.74, 6) is 0.778. The van der Waals surface area contributed by atoms with Gasteiger partial charge >= 0.3 is 6.03 Å². The molecule has 2 aliphatic heterocycles. The first-order chi connectivity index (χ1) is 14.2. The summed E-state index contributed by atoms with van der Waals surface area (Å²) in [4.78, 5) is 25.5. The lowest BCUT2D eigenvalue weighted by Crippen LogP contribution is -2.50. The molecule has 5 rings (SSSR count). The number of fused-ring (bicyclic) bond motifs is 3. The van der Waals surface area contributed by atoms with Crippen LogP contribution in [0.1, 0.15) is 24.6 Å². The molecule has 0 radical (unpaired) electrons. The van der Waals surface area contributed by atoms with Gasteiger partial charge in [0.05, 0.1) is 18.3 Å². The van der Waals surface area contributed by atoms with E-state index >= 15 is 0 Å². The highest BCUT2D eigenvalue weighted by Gasteiger charge is 2.41. The van der Waals surface area contributed by atoms with Gasteiger partial charge in [-0.15, -0.1) is 0 Å². The molecule has 1 N–H and O–H groups in total. The summed E-state index contributed by atoms with van der Waals surface area (Å²) >= 11 is 0. The summed E-state index contributed by atoms with van der Waals surface area (Å²) in [5, 5.41) is 0. The van der Waals surface area contributed by atoms with Gasteiger partial charge in [-0.2, -0.15) is 0 Å². The maximum atomic E-state index is 13.3. The number of amides is 2. The van der Waals surface area contributed by atoms with Crippen molar-refractivity contribution in [2.45, 2.75) is 25.8 Å². The van der Waals surface area contributed by atoms with E-state index < -0.39 is 0 Å². The van der Waals surface area contributed by atoms with Crippen LogP contribution in [0.25, 0.3) is 11.3 Å². The van der Waals surface area contributed by atoms with Crippen molar-refractivity contribution >= 4 is 17.6 Å². The Morgan fingerprint density at radius 2 is 1.79 bits per heavy atom. The Morgan fingerprint density at radius 3 is 2.52 bits per heavy atom. The predicted molar refractivity (Wildman–Crippen MR) is 116 cm³/mol. The predicted octanol–water partition coefficient (Wildman–Crippen LogP) is 4.71. The molecule has 5 nitrogen and oxygen atoms in total. The number of nitrogens with one attached hydrogen (secondary N) is 1. The lowest BCUT2D eigenvalue weighted by Gasteiger charge is -2.33. The van der Waals surface area contributed by atoms with Crippen LogP contribution in [0.2, 0.25) is 0 Å². The van der Waals surface area contributed by atoms with Crippen LogP contribution in [-0.4, -0.2) is 40.9 Å². The van der Waals surface area contributed by atoms with Crippen molar-refractivity contribution in [3.63, 3.8) is 0 Å². The number of aliphatic imine (C=N–C) groups is 1. The lowest BCUT2D eigenvalue weighted by atomic mass is 10.1. The molecule has 5 heteroatoms. The lowest BCUT2D eigenvalue weighted by molar-refractivity contribution is 0.227. The first-order valence-corrected chi connectivity index (χ1v) is 10.2. The number of hydrogen-bond acceptors (Lipinski definition) is 2. The van der Waals surface area contributed by atoms with Crippen LogP contribution in [0.5, 0.6) is 0 Å². The first kappa shape index (κ1) is 17.7. The van der Waals surface area contributed by atoms with Gasteiger partial charge in [-0.1, -0.05) is 67.6 Å². The second-order valence-electron chi connectivity index (χ2n) is 7.65. The van der Waals surface area contributed by atoms with Gasteiger partial charge in [-0.25, -0.2) is 4.79 Å². The summed E-state index contributed by atoms with van der Waals surface area (Å²) in [5.41, 5.74) is 5.26. The highest BCUT2D eigenvalue weighted by molar-refractivity contribution is 6.19. The van der Waals surface area contributed by atoms with Gasteiger partial charge in [0, 0.05) is 12.2 Å². The van der Waals surface area contributed by atoms with Crippen molar-refractivity contribution in [2.75, 3.05) is 18.0 Å². The average Bonchev–Trinajstić information content (AvgIpc) is 3.37. The fourth-order valence-corrected chi connectivity index (χ4v) is 4.23. The molecular formula is C24H24N4O. The molecule has 0 fully saturated rings. The van der Waals surface area contributed by atoms with Crippen LogP contribution in [-0.2, 0) is 6.42 Å². The zero-order valence-electron chi connectivity index (χ0n) is 16.5. The summed E-state index contributed by atoms with van der Waals surface area (Å²) < 4.78 is 0. The zero-order chi connectivity index (χ0) is 19.8. The molecule has 2 aromatic carbocycles. The number of amidine groups is 1. The van der Waals surface area contributed by atoms with Crippen LogP contribution >= 0.6 is 0 Å². The normalized spacial score (nSPS) is 17.9. The van der Waals surface area contributed by atoms with E-state index in [9.17, 15) is 4.79 Å². The summed E-state index contributed by atoms with van der Waals surface area (Å²) in [7, 11) is 0. The van der Waals surface area contributed by atoms with E-state index in [1.165, 1.54) is 5.56 Å². The highest BCUT2D eigenvalue weighted by Crippen LogP contribution is 2.36. The fourth-order valence-electron chi connectivity index (χ4n) is 4.23. The SMILES string of the molecule is CCCN1C(=O)N2C[C@@H](Cc3ccccc3)N=C2c2[nH]c(-c3ccccc3)cc21. The van der Waals surface area contributed by atoms with Gasteiger partial charge in [0.15, 0.2) is 5.84 Å². The largest absolute Gasteiger partial charge is 0.350 e. The summed E-state index contributed by atoms with van der Waals surface area (Å²) in [6.07, 6.45) is 1.74. The van der Waals surface area contributed by atoms with Gasteiger partial charge in [0.1, 0.15) is 5.69 Å². The van der Waals surface area contributed by atoms with Crippen LogP contribution < -0.4 is 4.90 Å². The maximum Gasteiger partial charge on any atom is 0.330 e. The van der Waals surface area contributed by atoms with Crippen molar-refractivity contribution in [1.29, 1.82) is 0 Å². The van der Waals surface area contributed by atoms with Gasteiger partial charge in [0.2, 0.25) is 0 Å². The van der Waals surface area contributed by atoms with Crippen molar-refractivity contribution < 1.29 is 4.79 Å². The van der Waals surface area contributed by atoms with Crippen LogP contribution in [0.3, 0.4) is 0 Å². The number of aromatic nitrogens is 1. The average molecular weight is 384 g/mol. The molecule has 0 bridgehead atoms. The number of hydrogen-bond donors (Lipinski definition) is 1. The van der Waals surface area contributed by atoms with Crippen LogP contribution in [0.15, 0.2) is 71.7 Å². The first-order valence-electron chi connectivity index (χ1n) is 10.2. The number of nitrogens with zero attached hydrogens (tertiary/aromatic N) is 3. The third-order valence-electron chi connectivity index (χ3n) is 5.57. The molecule has 1 atom stereocenters. The number of H-pyrrole nitrogens is 1. The molecule has 0 unspecified atom stereocenters. The second kappa shape index (κ2) is 7.24. The molecular weight excluding hydrogens is 360 g/mol. The van der Waals surface area contributed by atoms with E-state index in [-0.39, 0.29) is 12.1 Å². The number of rotatable bonds is 5. The van der Waals surface area contributed by atoms with Crippen molar-refractivity contribution in [3.05, 3.63) is 78.0 Å². The van der Waals surface area contributed by atoms with E-state index in [2.05, 4.69) is 42.2 Å². The van der Waals surface area contributed by atoms with Gasteiger partial charge in [-0.3, -0.25) is 14.8 Å². The molecule has 0 spiro atoms. The molecule has 0 aliphatic carbocycles. The molecule has 0 saturated heterocycles. The van der Waals surface area contributed by atoms with E-state index in [0.29, 0.717) is 13.1 Å². The van der Waals surface area contributed by atoms with Gasteiger partial charge < -0.3 is 4.98 Å². The molecule has 0 saturated carbocycles. The molecule has 2 aliphatic rings. The molecule has 3 aromatic rings. The van der Waals surface area contributed by atoms with Crippen LogP contribution in [0.4, 0.5) is 10.5 Å². The van der Waals surface area contributed by atoms with Gasteiger partial charge in [0.25, 0.3) is 0 Å². The Balaban J connectivity index is 1.54. The minimum Gasteiger partial charge on any atom is -0.350 e. The molecule has 1 aromatic heterocycles. The molecule has 146 valence electrons. The maximum absolute atomic E-state index is 13.3. The summed E-state index contributed by atoms with van der Waals surface area (Å²) in [6, 6.07) is 22.8. The molecule has 29 heavy (non-hydrogen) atoms. The Kier molecular flexibility index (Phi) is 4.43. The van der Waals surface area contributed by atoms with E-state index in [1.54, 1.807) is 0 Å². The number of benzene rings is 2. The quantitative estimate of drug-likeness (QED) is 0.681. The van der Waals surface area contributed by atoms with E-state index in [1.807, 2.05) is 46.2 Å². The summed E-state index contributed by atoms with van der Waals surface area (Å²) in [6.45, 7) is 3.43. The molecule has 2 amide bonds. The standard InChI is InChI=1S/C24H24N4O/c1-2-13-27-21-15-20(18-11-7-4-8-12-18)26-22(21)23-25-19(16-28(23)24(27)29)14-17-9-5-3-6-10-17/h3-12,15,19,26H,2,13-14,16H2,1H3/t19-/m1/s1. The van der Waals surface area contributed by atoms with Gasteiger partial charge in [-0.05, 0) is 30.0 Å². The highest BCUT2D eigenvalue weighted by atomic mass is 16.2. The number of urea groups is 1. The third-order valence-corrected chi connectivity index (χ3v) is 5.57. The second-order valence-corrected chi connectivity index (χ2v) is 7.65. The Bertz CT molecular complexity index is 1050. The number of carbonyl (C=O) groups is 1. The number of anilines is 1. The third kappa shape index (κ3) is 3.12. The van der Waals surface area contributed by atoms with E-state index in [0.717, 1.165) is 41.3 Å². The Labute approximate surface area is 170 Å². The van der Waals surface area contributed by atoms with Crippen molar-refractivity contribution in [2.24, 2.45) is 4.99 Å². The van der Waals surface area contributed by atoms with Crippen LogP contribution in [0, 0.1) is 0 Å². The monoisotopic (exact) mass is 384 g/mol.